The first kappa shape index (κ1) is 15.3. The lowest BCUT2D eigenvalue weighted by Gasteiger charge is -2.32. The minimum absolute atomic E-state index is 0.0981. The van der Waals surface area contributed by atoms with Gasteiger partial charge in [0.05, 0.1) is 11.6 Å². The summed E-state index contributed by atoms with van der Waals surface area (Å²) in [7, 11) is 1.76. The fraction of sp³-hybridized carbons (Fsp3) is 0.353. The number of hydrogen-bond acceptors (Lipinski definition) is 4. The number of nitrogens with one attached hydrogen (secondary N) is 1. The Kier molecular flexibility index (Phi) is 4.40. The fourth-order valence-corrected chi connectivity index (χ4v) is 2.90. The Bertz CT molecular complexity index is 733. The number of amides is 1. The zero-order valence-corrected chi connectivity index (χ0v) is 12.9. The van der Waals surface area contributed by atoms with E-state index in [1.54, 1.807) is 36.3 Å². The van der Waals surface area contributed by atoms with Crippen molar-refractivity contribution in [2.75, 3.05) is 6.61 Å². The van der Waals surface area contributed by atoms with Gasteiger partial charge >= 0.3 is 0 Å². The maximum Gasteiger partial charge on any atom is 0.268 e. The molecule has 23 heavy (non-hydrogen) atoms. The van der Waals surface area contributed by atoms with E-state index in [0.29, 0.717) is 17.9 Å². The average molecular weight is 310 g/mol. The van der Waals surface area contributed by atoms with E-state index < -0.39 is 0 Å². The smallest absolute Gasteiger partial charge is 0.268 e. The predicted octanol–water partition coefficient (Wildman–Crippen LogP) is 1.94. The molecule has 0 saturated carbocycles. The van der Waals surface area contributed by atoms with Gasteiger partial charge in [-0.3, -0.25) is 9.78 Å². The molecule has 0 aromatic carbocycles. The molecule has 2 aromatic heterocycles. The Balaban J connectivity index is 1.78. The van der Waals surface area contributed by atoms with Gasteiger partial charge in [-0.05, 0) is 36.6 Å². The molecular weight excluding hydrogens is 292 g/mol. The number of rotatable bonds is 3. The molecule has 0 radical (unpaired) electrons. The van der Waals surface area contributed by atoms with Crippen molar-refractivity contribution in [1.29, 1.82) is 5.26 Å². The molecule has 1 fully saturated rings. The van der Waals surface area contributed by atoms with Crippen molar-refractivity contribution in [2.45, 2.75) is 25.0 Å². The van der Waals surface area contributed by atoms with Gasteiger partial charge in [0.1, 0.15) is 17.9 Å². The van der Waals surface area contributed by atoms with Crippen LogP contribution in [0, 0.1) is 11.3 Å². The van der Waals surface area contributed by atoms with Crippen LogP contribution in [0.4, 0.5) is 0 Å². The number of aromatic nitrogens is 2. The van der Waals surface area contributed by atoms with E-state index >= 15 is 0 Å². The van der Waals surface area contributed by atoms with Crippen molar-refractivity contribution >= 4 is 5.91 Å². The SMILES string of the molecule is Cn1cc(C#N)cc1C(=O)N[C@H]1CCCO[C@@H]1c1ccncc1. The summed E-state index contributed by atoms with van der Waals surface area (Å²) in [6.45, 7) is 0.683. The number of nitrogens with zero attached hydrogens (tertiary/aromatic N) is 3. The molecule has 3 heterocycles. The van der Waals surface area contributed by atoms with Crippen LogP contribution in [-0.4, -0.2) is 28.1 Å². The van der Waals surface area contributed by atoms with Gasteiger partial charge in [0.25, 0.3) is 5.91 Å². The molecule has 1 aliphatic rings. The number of hydrogen-bond donors (Lipinski definition) is 1. The number of aryl methyl sites for hydroxylation is 1. The normalized spacial score (nSPS) is 20.7. The van der Waals surface area contributed by atoms with Gasteiger partial charge in [0.15, 0.2) is 0 Å². The highest BCUT2D eigenvalue weighted by Crippen LogP contribution is 2.28. The number of nitriles is 1. The summed E-state index contributed by atoms with van der Waals surface area (Å²) in [5, 5.41) is 12.0. The average Bonchev–Trinajstić information content (AvgIpc) is 2.97. The van der Waals surface area contributed by atoms with Crippen molar-refractivity contribution in [3.05, 3.63) is 53.6 Å². The van der Waals surface area contributed by atoms with Gasteiger partial charge in [-0.25, -0.2) is 0 Å². The van der Waals surface area contributed by atoms with E-state index in [2.05, 4.69) is 10.3 Å². The van der Waals surface area contributed by atoms with Gasteiger partial charge in [0, 0.05) is 32.2 Å². The summed E-state index contributed by atoms with van der Waals surface area (Å²) in [6, 6.07) is 7.36. The first-order valence-corrected chi connectivity index (χ1v) is 7.58. The van der Waals surface area contributed by atoms with Gasteiger partial charge in [-0.1, -0.05) is 0 Å². The van der Waals surface area contributed by atoms with E-state index in [4.69, 9.17) is 10.00 Å². The Morgan fingerprint density at radius 1 is 1.48 bits per heavy atom. The lowest BCUT2D eigenvalue weighted by Crippen LogP contribution is -2.43. The summed E-state index contributed by atoms with van der Waals surface area (Å²) in [4.78, 5) is 16.6. The fourth-order valence-electron chi connectivity index (χ4n) is 2.90. The highest BCUT2D eigenvalue weighted by molar-refractivity contribution is 5.93. The van der Waals surface area contributed by atoms with Crippen molar-refractivity contribution in [3.63, 3.8) is 0 Å². The van der Waals surface area contributed by atoms with Crippen LogP contribution in [0.2, 0.25) is 0 Å². The second-order valence-electron chi connectivity index (χ2n) is 5.63. The summed E-state index contributed by atoms with van der Waals surface area (Å²) >= 11 is 0. The number of carbonyl (C=O) groups is 1. The molecule has 1 amide bonds. The molecule has 1 aliphatic heterocycles. The summed E-state index contributed by atoms with van der Waals surface area (Å²) in [5.41, 5.74) is 1.96. The summed E-state index contributed by atoms with van der Waals surface area (Å²) in [5.74, 6) is -0.191. The van der Waals surface area contributed by atoms with Crippen molar-refractivity contribution in [2.24, 2.45) is 7.05 Å². The molecule has 6 nitrogen and oxygen atoms in total. The Morgan fingerprint density at radius 2 is 2.26 bits per heavy atom. The van der Waals surface area contributed by atoms with Gasteiger partial charge in [-0.2, -0.15) is 5.26 Å². The first-order chi connectivity index (χ1) is 11.2. The van der Waals surface area contributed by atoms with Crippen LogP contribution < -0.4 is 5.32 Å². The first-order valence-electron chi connectivity index (χ1n) is 7.58. The van der Waals surface area contributed by atoms with Crippen LogP contribution in [0.3, 0.4) is 0 Å². The number of carbonyl (C=O) groups excluding carboxylic acids is 1. The Hall–Kier alpha value is -2.65. The van der Waals surface area contributed by atoms with Crippen LogP contribution in [-0.2, 0) is 11.8 Å². The van der Waals surface area contributed by atoms with Gasteiger partial charge in [0.2, 0.25) is 0 Å². The largest absolute Gasteiger partial charge is 0.371 e. The van der Waals surface area contributed by atoms with Crippen molar-refractivity contribution in [1.82, 2.24) is 14.9 Å². The zero-order valence-electron chi connectivity index (χ0n) is 12.9. The quantitative estimate of drug-likeness (QED) is 0.939. The summed E-state index contributed by atoms with van der Waals surface area (Å²) < 4.78 is 7.53. The standard InChI is InChI=1S/C17H18N4O2/c1-21-11-12(10-18)9-15(21)17(22)20-14-3-2-8-23-16(14)13-4-6-19-7-5-13/h4-7,9,11,14,16H,2-3,8H2,1H3,(H,20,22)/t14-,16+/m0/s1. The zero-order chi connectivity index (χ0) is 16.2. The lowest BCUT2D eigenvalue weighted by atomic mass is 9.96. The molecule has 2 atom stereocenters. The van der Waals surface area contributed by atoms with Crippen LogP contribution >= 0.6 is 0 Å². The maximum absolute atomic E-state index is 12.5. The van der Waals surface area contributed by atoms with Crippen LogP contribution in [0.15, 0.2) is 36.8 Å². The Labute approximate surface area is 134 Å². The highest BCUT2D eigenvalue weighted by Gasteiger charge is 2.29. The second kappa shape index (κ2) is 6.63. The molecule has 0 bridgehead atoms. The van der Waals surface area contributed by atoms with Gasteiger partial charge in [-0.15, -0.1) is 0 Å². The van der Waals surface area contributed by atoms with Crippen LogP contribution in [0.25, 0.3) is 0 Å². The monoisotopic (exact) mass is 310 g/mol. The topological polar surface area (TPSA) is 79.9 Å². The molecule has 118 valence electrons. The molecule has 0 unspecified atom stereocenters. The van der Waals surface area contributed by atoms with Gasteiger partial charge < -0.3 is 14.6 Å². The molecule has 0 aliphatic carbocycles. The molecule has 1 saturated heterocycles. The number of pyridine rings is 1. The third-order valence-electron chi connectivity index (χ3n) is 4.04. The second-order valence-corrected chi connectivity index (χ2v) is 5.63. The van der Waals surface area contributed by atoms with E-state index in [1.807, 2.05) is 18.2 Å². The lowest BCUT2D eigenvalue weighted by molar-refractivity contribution is -0.00958. The minimum Gasteiger partial charge on any atom is -0.371 e. The van der Waals surface area contributed by atoms with Crippen molar-refractivity contribution < 1.29 is 9.53 Å². The molecule has 6 heteroatoms. The predicted molar refractivity (Wildman–Crippen MR) is 83.5 cm³/mol. The Morgan fingerprint density at radius 3 is 2.96 bits per heavy atom. The number of ether oxygens (including phenoxy) is 1. The molecule has 3 rings (SSSR count). The molecule has 1 N–H and O–H groups in total. The molecule has 2 aromatic rings. The van der Waals surface area contributed by atoms with Crippen molar-refractivity contribution in [3.8, 4) is 6.07 Å². The van der Waals surface area contributed by atoms with Crippen LogP contribution in [0.1, 0.15) is 40.6 Å². The molecular formula is C17H18N4O2. The third kappa shape index (κ3) is 3.25. The summed E-state index contributed by atoms with van der Waals surface area (Å²) in [6.07, 6.45) is 6.68. The van der Waals surface area contributed by atoms with E-state index in [1.165, 1.54) is 0 Å². The third-order valence-corrected chi connectivity index (χ3v) is 4.04. The van der Waals surface area contributed by atoms with E-state index in [-0.39, 0.29) is 18.1 Å². The van der Waals surface area contributed by atoms with Crippen LogP contribution in [0.5, 0.6) is 0 Å². The minimum atomic E-state index is -0.191. The van der Waals surface area contributed by atoms with E-state index in [0.717, 1.165) is 18.4 Å². The maximum atomic E-state index is 12.5. The highest BCUT2D eigenvalue weighted by atomic mass is 16.5. The van der Waals surface area contributed by atoms with E-state index in [9.17, 15) is 4.79 Å². The molecule has 0 spiro atoms.